The van der Waals surface area contributed by atoms with E-state index < -0.39 is 6.16 Å². The normalized spacial score (nSPS) is 14.6. The van der Waals surface area contributed by atoms with Gasteiger partial charge in [-0.2, -0.15) is 4.98 Å². The number of aryl methyl sites for hydroxylation is 1. The van der Waals surface area contributed by atoms with Crippen LogP contribution in [0, 0.1) is 6.92 Å². The molecule has 0 saturated carbocycles. The summed E-state index contributed by atoms with van der Waals surface area (Å²) in [5, 5.41) is 5.01. The van der Waals surface area contributed by atoms with Gasteiger partial charge in [0.05, 0.1) is 17.0 Å². The number of rotatable bonds is 6. The smallest absolute Gasteiger partial charge is 0.435 e. The van der Waals surface area contributed by atoms with Crippen molar-refractivity contribution in [1.82, 2.24) is 9.97 Å². The van der Waals surface area contributed by atoms with Crippen LogP contribution in [0.1, 0.15) is 30.2 Å². The molecule has 1 saturated heterocycles. The predicted molar refractivity (Wildman–Crippen MR) is 124 cm³/mol. The van der Waals surface area contributed by atoms with E-state index in [1.807, 2.05) is 25.1 Å². The first-order valence-corrected chi connectivity index (χ1v) is 11.6. The van der Waals surface area contributed by atoms with Gasteiger partial charge >= 0.3 is 6.16 Å². The number of benzene rings is 1. The molecule has 7 nitrogen and oxygen atoms in total. The molecule has 1 aromatic carbocycles. The Hall–Kier alpha value is -2.58. The van der Waals surface area contributed by atoms with E-state index in [2.05, 4.69) is 22.3 Å². The average Bonchev–Trinajstić information content (AvgIpc) is 3.07. The number of thiophene rings is 1. The van der Waals surface area contributed by atoms with Crippen molar-refractivity contribution in [2.75, 3.05) is 29.9 Å². The topological polar surface area (TPSA) is 76.6 Å². The van der Waals surface area contributed by atoms with E-state index in [-0.39, 0.29) is 6.10 Å². The number of hydrogen-bond acceptors (Lipinski definition) is 8. The molecule has 1 fully saturated rings. The molecular formula is C22H25ClN4O3S. The highest BCUT2D eigenvalue weighted by Crippen LogP contribution is 2.39. The summed E-state index contributed by atoms with van der Waals surface area (Å²) in [4.78, 5) is 25.2. The molecular weight excluding hydrogens is 436 g/mol. The lowest BCUT2D eigenvalue weighted by molar-refractivity contribution is 0.0183. The summed E-state index contributed by atoms with van der Waals surface area (Å²) in [6.07, 6.45) is 0.664. The highest BCUT2D eigenvalue weighted by molar-refractivity contribution is 7.19. The molecule has 3 aromatic rings. The minimum Gasteiger partial charge on any atom is -0.435 e. The third-order valence-electron chi connectivity index (χ3n) is 5.20. The minimum absolute atomic E-state index is 0.145. The third-order valence-corrected chi connectivity index (χ3v) is 6.78. The maximum Gasteiger partial charge on any atom is 0.508 e. The van der Waals surface area contributed by atoms with Gasteiger partial charge in [0, 0.05) is 37.4 Å². The van der Waals surface area contributed by atoms with E-state index in [0.29, 0.717) is 50.1 Å². The molecule has 1 aliphatic heterocycles. The predicted octanol–water partition coefficient (Wildman–Crippen LogP) is 5.41. The lowest BCUT2D eigenvalue weighted by atomic mass is 10.1. The van der Waals surface area contributed by atoms with Gasteiger partial charge in [0.2, 0.25) is 5.95 Å². The van der Waals surface area contributed by atoms with E-state index >= 15 is 0 Å². The Bertz CT molecular complexity index is 1050. The first-order valence-electron chi connectivity index (χ1n) is 10.4. The van der Waals surface area contributed by atoms with E-state index in [4.69, 9.17) is 31.0 Å². The maximum absolute atomic E-state index is 11.6. The van der Waals surface area contributed by atoms with E-state index in [1.54, 1.807) is 18.3 Å². The molecule has 0 aliphatic carbocycles. The molecule has 1 aliphatic rings. The van der Waals surface area contributed by atoms with Crippen molar-refractivity contribution in [3.8, 4) is 0 Å². The number of anilines is 2. The Balaban J connectivity index is 1.53. The molecule has 1 N–H and O–H groups in total. The van der Waals surface area contributed by atoms with Crippen molar-refractivity contribution in [1.29, 1.82) is 0 Å². The first kappa shape index (κ1) is 21.6. The lowest BCUT2D eigenvalue weighted by Gasteiger charge is -2.31. The SMILES string of the molecule is CCOC(=O)OC1CCN(c2nc(NCc3ccccc3)c3c(Cl)c(C)sc3n2)CC1. The van der Waals surface area contributed by atoms with Gasteiger partial charge in [-0.05, 0) is 19.4 Å². The lowest BCUT2D eigenvalue weighted by Crippen LogP contribution is -2.39. The van der Waals surface area contributed by atoms with Crippen LogP contribution in [0.25, 0.3) is 10.2 Å². The molecule has 4 rings (SSSR count). The summed E-state index contributed by atoms with van der Waals surface area (Å²) in [6, 6.07) is 10.2. The van der Waals surface area contributed by atoms with Crippen LogP contribution in [0.4, 0.5) is 16.6 Å². The zero-order valence-electron chi connectivity index (χ0n) is 17.6. The Kier molecular flexibility index (Phi) is 6.77. The van der Waals surface area contributed by atoms with Gasteiger partial charge in [0.15, 0.2) is 0 Å². The summed E-state index contributed by atoms with van der Waals surface area (Å²) in [5.41, 5.74) is 1.16. The van der Waals surface area contributed by atoms with Crippen molar-refractivity contribution >= 4 is 51.1 Å². The Labute approximate surface area is 190 Å². The molecule has 0 spiro atoms. The summed E-state index contributed by atoms with van der Waals surface area (Å²) in [5.74, 6) is 1.40. The summed E-state index contributed by atoms with van der Waals surface area (Å²) in [7, 11) is 0. The van der Waals surface area contributed by atoms with Crippen molar-refractivity contribution < 1.29 is 14.3 Å². The van der Waals surface area contributed by atoms with Crippen LogP contribution in [0.3, 0.4) is 0 Å². The van der Waals surface area contributed by atoms with Gasteiger partial charge in [-0.15, -0.1) is 11.3 Å². The zero-order chi connectivity index (χ0) is 21.8. The van der Waals surface area contributed by atoms with Crippen LogP contribution in [-0.4, -0.2) is 41.9 Å². The molecule has 31 heavy (non-hydrogen) atoms. The molecule has 164 valence electrons. The molecule has 0 atom stereocenters. The molecule has 0 bridgehead atoms. The van der Waals surface area contributed by atoms with Gasteiger partial charge in [-0.25, -0.2) is 9.78 Å². The van der Waals surface area contributed by atoms with Gasteiger partial charge < -0.3 is 19.7 Å². The second kappa shape index (κ2) is 9.70. The van der Waals surface area contributed by atoms with E-state index in [9.17, 15) is 4.79 Å². The summed E-state index contributed by atoms with van der Waals surface area (Å²) < 4.78 is 10.2. The molecule has 0 radical (unpaired) electrons. The highest BCUT2D eigenvalue weighted by Gasteiger charge is 2.26. The number of halogens is 1. The minimum atomic E-state index is -0.602. The largest absolute Gasteiger partial charge is 0.508 e. The van der Waals surface area contributed by atoms with Gasteiger partial charge in [0.25, 0.3) is 0 Å². The number of fused-ring (bicyclic) bond motifs is 1. The highest BCUT2D eigenvalue weighted by atomic mass is 35.5. The van der Waals surface area contributed by atoms with Crippen molar-refractivity contribution in [3.05, 3.63) is 45.8 Å². The van der Waals surface area contributed by atoms with Crippen LogP contribution in [-0.2, 0) is 16.0 Å². The molecule has 0 amide bonds. The van der Waals surface area contributed by atoms with Gasteiger partial charge in [-0.1, -0.05) is 41.9 Å². The summed E-state index contributed by atoms with van der Waals surface area (Å²) >= 11 is 8.15. The molecule has 9 heteroatoms. The monoisotopic (exact) mass is 460 g/mol. The number of aromatic nitrogens is 2. The number of hydrogen-bond donors (Lipinski definition) is 1. The van der Waals surface area contributed by atoms with E-state index in [0.717, 1.165) is 26.5 Å². The number of ether oxygens (including phenoxy) is 2. The zero-order valence-corrected chi connectivity index (χ0v) is 19.1. The van der Waals surface area contributed by atoms with Gasteiger partial charge in [0.1, 0.15) is 16.8 Å². The fourth-order valence-electron chi connectivity index (χ4n) is 3.58. The fourth-order valence-corrected chi connectivity index (χ4v) is 4.84. The third kappa shape index (κ3) is 5.02. The van der Waals surface area contributed by atoms with Crippen molar-refractivity contribution in [2.24, 2.45) is 0 Å². The Morgan fingerprint density at radius 1 is 1.26 bits per heavy atom. The van der Waals surface area contributed by atoms with Crippen molar-refractivity contribution in [3.63, 3.8) is 0 Å². The van der Waals surface area contributed by atoms with Crippen LogP contribution < -0.4 is 10.2 Å². The van der Waals surface area contributed by atoms with E-state index in [1.165, 1.54) is 0 Å². The number of nitrogens with zero attached hydrogens (tertiary/aromatic N) is 3. The van der Waals surface area contributed by atoms with Crippen molar-refractivity contribution in [2.45, 2.75) is 39.3 Å². The number of carbonyl (C=O) groups excluding carboxylic acids is 1. The fraction of sp³-hybridized carbons (Fsp3) is 0.409. The van der Waals surface area contributed by atoms with Crippen LogP contribution >= 0.6 is 22.9 Å². The van der Waals surface area contributed by atoms with Crippen LogP contribution in [0.2, 0.25) is 5.02 Å². The van der Waals surface area contributed by atoms with Crippen LogP contribution in [0.15, 0.2) is 30.3 Å². The Morgan fingerprint density at radius 3 is 2.71 bits per heavy atom. The summed E-state index contributed by atoms with van der Waals surface area (Å²) in [6.45, 7) is 6.12. The standard InChI is InChI=1S/C22H25ClN4O3S/c1-3-29-22(28)30-16-9-11-27(12-10-16)21-25-19(24-13-15-7-5-4-6-8-15)17-18(23)14(2)31-20(17)26-21/h4-8,16H,3,9-13H2,1-2H3,(H,24,25,26). The molecule has 0 unspecified atom stereocenters. The Morgan fingerprint density at radius 2 is 2.00 bits per heavy atom. The maximum atomic E-state index is 11.6. The number of piperidine rings is 1. The second-order valence-corrected chi connectivity index (χ2v) is 8.93. The second-order valence-electron chi connectivity index (χ2n) is 7.35. The molecule has 2 aromatic heterocycles. The average molecular weight is 461 g/mol. The quantitative estimate of drug-likeness (QED) is 0.493. The number of nitrogens with one attached hydrogen (secondary N) is 1. The van der Waals surface area contributed by atoms with Gasteiger partial charge in [-0.3, -0.25) is 0 Å². The first-order chi connectivity index (χ1) is 15.0. The molecule has 3 heterocycles. The van der Waals surface area contributed by atoms with Crippen LogP contribution in [0.5, 0.6) is 0 Å². The number of carbonyl (C=O) groups is 1.